The lowest BCUT2D eigenvalue weighted by Gasteiger charge is -2.35. The molecule has 1 fully saturated rings. The van der Waals surface area contributed by atoms with E-state index in [4.69, 9.17) is 10.5 Å². The summed E-state index contributed by atoms with van der Waals surface area (Å²) in [6.07, 6.45) is -0.352. The first kappa shape index (κ1) is 12.4. The Bertz CT molecular complexity index is 525. The van der Waals surface area contributed by atoms with E-state index in [0.717, 1.165) is 0 Å². The van der Waals surface area contributed by atoms with Crippen LogP contribution >= 0.6 is 0 Å². The molecule has 7 nitrogen and oxygen atoms in total. The summed E-state index contributed by atoms with van der Waals surface area (Å²) in [5, 5.41) is 0. The number of anilines is 2. The molecule has 2 rings (SSSR count). The van der Waals surface area contributed by atoms with Gasteiger partial charge in [0.1, 0.15) is 11.4 Å². The van der Waals surface area contributed by atoms with Gasteiger partial charge in [-0.05, 0) is 6.92 Å². The van der Waals surface area contributed by atoms with Crippen LogP contribution in [0.2, 0.25) is 0 Å². The van der Waals surface area contributed by atoms with E-state index in [1.807, 2.05) is 0 Å². The molecule has 7 heteroatoms. The van der Waals surface area contributed by atoms with E-state index in [0.29, 0.717) is 38.5 Å². The molecule has 1 saturated heterocycles. The van der Waals surface area contributed by atoms with Crippen LogP contribution < -0.4 is 21.5 Å². The summed E-state index contributed by atoms with van der Waals surface area (Å²) < 4.78 is 4.89. The van der Waals surface area contributed by atoms with Gasteiger partial charge in [0.05, 0.1) is 6.61 Å². The van der Waals surface area contributed by atoms with Crippen molar-refractivity contribution in [2.75, 3.05) is 43.4 Å². The zero-order chi connectivity index (χ0) is 13.3. The minimum atomic E-state index is -0.613. The number of nitrogens with two attached hydrogens (primary N) is 1. The summed E-state index contributed by atoms with van der Waals surface area (Å²) in [5.74, 6) is 0. The average molecular weight is 253 g/mol. The summed E-state index contributed by atoms with van der Waals surface area (Å²) in [7, 11) is 0. The van der Waals surface area contributed by atoms with Gasteiger partial charge in [0.15, 0.2) is 0 Å². The second-order valence-corrected chi connectivity index (χ2v) is 4.09. The van der Waals surface area contributed by atoms with Crippen molar-refractivity contribution in [1.29, 1.82) is 0 Å². The van der Waals surface area contributed by atoms with E-state index >= 15 is 0 Å². The first-order valence-electron chi connectivity index (χ1n) is 5.81. The molecule has 98 valence electrons. The predicted octanol–water partition coefficient (Wildman–Crippen LogP) is -0.857. The van der Waals surface area contributed by atoms with Crippen molar-refractivity contribution in [2.24, 2.45) is 0 Å². The Morgan fingerprint density at radius 2 is 1.83 bits per heavy atom. The Kier molecular flexibility index (Phi) is 3.22. The van der Waals surface area contributed by atoms with Crippen molar-refractivity contribution in [1.82, 2.24) is 4.90 Å². The second kappa shape index (κ2) is 4.67. The Balaban J connectivity index is 1.98. The molecule has 0 bridgehead atoms. The maximum atomic E-state index is 11.5. The minimum Gasteiger partial charge on any atom is -0.450 e. The molecule has 1 aromatic rings. The second-order valence-electron chi connectivity index (χ2n) is 4.09. The third-order valence-electron chi connectivity index (χ3n) is 3.04. The van der Waals surface area contributed by atoms with E-state index in [1.54, 1.807) is 16.7 Å². The quantitative estimate of drug-likeness (QED) is 0.690. The molecular formula is C11H15N3O4. The fourth-order valence-electron chi connectivity index (χ4n) is 2.04. The monoisotopic (exact) mass is 253 g/mol. The fraction of sp³-hybridized carbons (Fsp3) is 0.545. The first-order valence-corrected chi connectivity index (χ1v) is 5.81. The first-order chi connectivity index (χ1) is 8.56. The third-order valence-corrected chi connectivity index (χ3v) is 3.04. The fourth-order valence-corrected chi connectivity index (χ4v) is 2.04. The lowest BCUT2D eigenvalue weighted by atomic mass is 10.1. The molecule has 0 saturated carbocycles. The van der Waals surface area contributed by atoms with Crippen LogP contribution in [0, 0.1) is 0 Å². The van der Waals surface area contributed by atoms with Crippen molar-refractivity contribution in [3.8, 4) is 0 Å². The van der Waals surface area contributed by atoms with E-state index in [-0.39, 0.29) is 11.8 Å². The highest BCUT2D eigenvalue weighted by molar-refractivity contribution is 5.73. The number of carbonyl (C=O) groups excluding carboxylic acids is 1. The van der Waals surface area contributed by atoms with Gasteiger partial charge in [0.25, 0.3) is 10.9 Å². The van der Waals surface area contributed by atoms with E-state index < -0.39 is 10.9 Å². The van der Waals surface area contributed by atoms with Gasteiger partial charge in [-0.15, -0.1) is 0 Å². The van der Waals surface area contributed by atoms with Gasteiger partial charge in [-0.1, -0.05) is 0 Å². The molecule has 0 spiro atoms. The van der Waals surface area contributed by atoms with Gasteiger partial charge in [0, 0.05) is 26.2 Å². The molecule has 1 amide bonds. The third kappa shape index (κ3) is 1.92. The van der Waals surface area contributed by atoms with Crippen LogP contribution in [0.1, 0.15) is 6.92 Å². The summed E-state index contributed by atoms with van der Waals surface area (Å²) >= 11 is 0. The smallest absolute Gasteiger partial charge is 0.409 e. The molecule has 0 unspecified atom stereocenters. The van der Waals surface area contributed by atoms with E-state index in [1.165, 1.54) is 0 Å². The van der Waals surface area contributed by atoms with Crippen LogP contribution in [0.15, 0.2) is 9.59 Å². The number of hydrogen-bond donors (Lipinski definition) is 1. The molecule has 0 aliphatic carbocycles. The SMILES string of the molecule is CCOC(=O)N1CCN(c2c(N)c(=O)c2=O)CC1. The normalized spacial score (nSPS) is 16.1. The Morgan fingerprint density at radius 3 is 2.33 bits per heavy atom. The number of ether oxygens (including phenoxy) is 1. The standard InChI is InChI=1S/C11H15N3O4/c1-2-18-11(17)14-5-3-13(4-6-14)8-7(12)9(15)10(8)16/h2-6,12H2,1H3. The number of carbonyl (C=O) groups is 1. The molecule has 18 heavy (non-hydrogen) atoms. The van der Waals surface area contributed by atoms with Crippen molar-refractivity contribution in [3.05, 3.63) is 20.4 Å². The summed E-state index contributed by atoms with van der Waals surface area (Å²) in [4.78, 5) is 37.2. The van der Waals surface area contributed by atoms with Crippen molar-refractivity contribution >= 4 is 17.5 Å². The Labute approximate surface area is 103 Å². The van der Waals surface area contributed by atoms with Crippen LogP contribution in [0.25, 0.3) is 0 Å². The molecule has 1 aromatic carbocycles. The zero-order valence-electron chi connectivity index (χ0n) is 10.1. The predicted molar refractivity (Wildman–Crippen MR) is 66.6 cm³/mol. The summed E-state index contributed by atoms with van der Waals surface area (Å²) in [5.41, 5.74) is 4.68. The highest BCUT2D eigenvalue weighted by atomic mass is 16.6. The number of nitrogen functional groups attached to an aromatic ring is 1. The van der Waals surface area contributed by atoms with E-state index in [2.05, 4.69) is 0 Å². The lowest BCUT2D eigenvalue weighted by molar-refractivity contribution is 0.105. The van der Waals surface area contributed by atoms with Gasteiger partial charge >= 0.3 is 6.09 Å². The molecule has 0 aromatic heterocycles. The number of hydrogen-bond acceptors (Lipinski definition) is 6. The van der Waals surface area contributed by atoms with Gasteiger partial charge in [-0.3, -0.25) is 9.59 Å². The van der Waals surface area contributed by atoms with Crippen LogP contribution in [-0.2, 0) is 4.74 Å². The Morgan fingerprint density at radius 1 is 1.22 bits per heavy atom. The molecule has 2 N–H and O–H groups in total. The van der Waals surface area contributed by atoms with Gasteiger partial charge in [0.2, 0.25) is 0 Å². The average Bonchev–Trinajstić information content (AvgIpc) is 2.39. The zero-order valence-corrected chi connectivity index (χ0v) is 10.1. The molecule has 1 aliphatic heterocycles. The van der Waals surface area contributed by atoms with Crippen molar-refractivity contribution in [2.45, 2.75) is 6.92 Å². The number of piperazine rings is 1. The van der Waals surface area contributed by atoms with Gasteiger partial charge in [-0.25, -0.2) is 4.79 Å². The minimum absolute atomic E-state index is 0.0320. The number of nitrogens with zero attached hydrogens (tertiary/aromatic N) is 2. The van der Waals surface area contributed by atoms with Gasteiger partial charge in [-0.2, -0.15) is 0 Å². The lowest BCUT2D eigenvalue weighted by Crippen LogP contribution is -2.53. The number of rotatable bonds is 2. The highest BCUT2D eigenvalue weighted by Gasteiger charge is 2.28. The van der Waals surface area contributed by atoms with Crippen LogP contribution in [0.5, 0.6) is 0 Å². The largest absolute Gasteiger partial charge is 0.450 e. The highest BCUT2D eigenvalue weighted by Crippen LogP contribution is 2.18. The molecule has 0 atom stereocenters. The molecule has 0 radical (unpaired) electrons. The molecule has 1 aliphatic rings. The summed E-state index contributed by atoms with van der Waals surface area (Å²) in [6, 6.07) is 0. The maximum Gasteiger partial charge on any atom is 0.409 e. The van der Waals surface area contributed by atoms with E-state index in [9.17, 15) is 14.4 Å². The topological polar surface area (TPSA) is 92.9 Å². The van der Waals surface area contributed by atoms with Crippen molar-refractivity contribution < 1.29 is 9.53 Å². The molecule has 1 heterocycles. The van der Waals surface area contributed by atoms with Gasteiger partial charge < -0.3 is 20.3 Å². The van der Waals surface area contributed by atoms with Crippen LogP contribution in [-0.4, -0.2) is 43.8 Å². The van der Waals surface area contributed by atoms with Crippen molar-refractivity contribution in [3.63, 3.8) is 0 Å². The molecular weight excluding hydrogens is 238 g/mol. The van der Waals surface area contributed by atoms with Crippen LogP contribution in [0.4, 0.5) is 16.2 Å². The maximum absolute atomic E-state index is 11.5. The number of amides is 1. The van der Waals surface area contributed by atoms with Crippen LogP contribution in [0.3, 0.4) is 0 Å². The Hall–Kier alpha value is -2.05. The summed E-state index contributed by atoms with van der Waals surface area (Å²) in [6.45, 7) is 3.96.